The van der Waals surface area contributed by atoms with Crippen LogP contribution in [-0.2, 0) is 22.4 Å². The molecule has 2 aromatic heterocycles. The Morgan fingerprint density at radius 3 is 1.77 bits per heavy atom. The zero-order valence-corrected chi connectivity index (χ0v) is 26.7. The molecule has 0 saturated heterocycles. The fourth-order valence-electron chi connectivity index (χ4n) is 6.09. The monoisotopic (exact) mass is 636 g/mol. The normalized spacial score (nSPS) is 16.4. The van der Waals surface area contributed by atoms with Crippen molar-refractivity contribution in [2.45, 2.75) is 58.2 Å². The van der Waals surface area contributed by atoms with Gasteiger partial charge in [-0.1, -0.05) is 30.3 Å². The average molecular weight is 637 g/mol. The van der Waals surface area contributed by atoms with Gasteiger partial charge in [0.2, 0.25) is 11.6 Å². The summed E-state index contributed by atoms with van der Waals surface area (Å²) in [6, 6.07) is 19.5. The maximum atomic E-state index is 12.5. The van der Waals surface area contributed by atoms with Gasteiger partial charge in [-0.2, -0.15) is 0 Å². The van der Waals surface area contributed by atoms with Gasteiger partial charge in [0.15, 0.2) is 0 Å². The fraction of sp³-hybridized carbons (Fsp3) is 0.314. The third-order valence-corrected chi connectivity index (χ3v) is 8.67. The lowest BCUT2D eigenvalue weighted by molar-refractivity contribution is 0.0472. The predicted octanol–water partition coefficient (Wildman–Crippen LogP) is 4.87. The SMILES string of the molecule is CC1(C)CCNC(=O)c2nc3ccc(C(=O)O)cc3n21.CC1(C)CCNC(=O)c2nc3ccc(C(=O)OCc4ccccc4)cc3n21. The molecule has 0 saturated carbocycles. The van der Waals surface area contributed by atoms with Crippen molar-refractivity contribution in [2.75, 3.05) is 13.1 Å². The molecule has 242 valence electrons. The van der Waals surface area contributed by atoms with Gasteiger partial charge in [0, 0.05) is 24.2 Å². The number of benzene rings is 3. The van der Waals surface area contributed by atoms with Gasteiger partial charge in [-0.3, -0.25) is 9.59 Å². The van der Waals surface area contributed by atoms with Crippen molar-refractivity contribution < 1.29 is 29.0 Å². The van der Waals surface area contributed by atoms with Gasteiger partial charge in [0.25, 0.3) is 11.8 Å². The molecule has 12 heteroatoms. The molecule has 12 nitrogen and oxygen atoms in total. The number of fused-ring (bicyclic) bond motifs is 6. The molecule has 0 fully saturated rings. The minimum atomic E-state index is -0.988. The van der Waals surface area contributed by atoms with Crippen molar-refractivity contribution in [3.63, 3.8) is 0 Å². The highest BCUT2D eigenvalue weighted by Gasteiger charge is 2.33. The molecular formula is C35H36N6O6. The van der Waals surface area contributed by atoms with Gasteiger partial charge in [-0.05, 0) is 82.5 Å². The number of carbonyl (C=O) groups is 4. The smallest absolute Gasteiger partial charge is 0.338 e. The number of carboxylic acid groups (broad SMARTS) is 1. The highest BCUT2D eigenvalue weighted by molar-refractivity contribution is 5.99. The maximum absolute atomic E-state index is 12.5. The van der Waals surface area contributed by atoms with E-state index < -0.39 is 11.9 Å². The Bertz CT molecular complexity index is 2040. The second-order valence-electron chi connectivity index (χ2n) is 13.0. The van der Waals surface area contributed by atoms with Crippen molar-refractivity contribution in [1.82, 2.24) is 29.7 Å². The summed E-state index contributed by atoms with van der Waals surface area (Å²) < 4.78 is 9.21. The average Bonchev–Trinajstić information content (AvgIpc) is 3.58. The molecule has 3 aromatic carbocycles. The van der Waals surface area contributed by atoms with Crippen molar-refractivity contribution >= 4 is 45.8 Å². The number of aromatic nitrogens is 4. The number of rotatable bonds is 4. The minimum Gasteiger partial charge on any atom is -0.478 e. The quantitative estimate of drug-likeness (QED) is 0.236. The van der Waals surface area contributed by atoms with E-state index in [1.165, 1.54) is 6.07 Å². The first kappa shape index (κ1) is 31.5. The summed E-state index contributed by atoms with van der Waals surface area (Å²) in [7, 11) is 0. The highest BCUT2D eigenvalue weighted by Crippen LogP contribution is 2.31. The molecule has 47 heavy (non-hydrogen) atoms. The number of carbonyl (C=O) groups excluding carboxylic acids is 3. The summed E-state index contributed by atoms with van der Waals surface area (Å²) in [5, 5.41) is 14.8. The van der Waals surface area contributed by atoms with Crippen LogP contribution in [0.3, 0.4) is 0 Å². The highest BCUT2D eigenvalue weighted by atomic mass is 16.5. The fourth-order valence-corrected chi connectivity index (χ4v) is 6.09. The van der Waals surface area contributed by atoms with E-state index in [0.717, 1.165) is 23.9 Å². The van der Waals surface area contributed by atoms with Crippen molar-refractivity contribution in [3.8, 4) is 0 Å². The number of aromatic carboxylic acids is 1. The van der Waals surface area contributed by atoms with Gasteiger partial charge < -0.3 is 29.6 Å². The first-order valence-electron chi connectivity index (χ1n) is 15.4. The summed E-state index contributed by atoms with van der Waals surface area (Å²) in [6.45, 7) is 9.56. The molecule has 0 unspecified atom stereocenters. The molecule has 0 radical (unpaired) electrons. The summed E-state index contributed by atoms with van der Waals surface area (Å²) in [6.07, 6.45) is 1.54. The van der Waals surface area contributed by atoms with E-state index >= 15 is 0 Å². The zero-order chi connectivity index (χ0) is 33.5. The van der Waals surface area contributed by atoms with E-state index in [4.69, 9.17) is 9.84 Å². The van der Waals surface area contributed by atoms with Crippen LogP contribution in [0.4, 0.5) is 0 Å². The van der Waals surface area contributed by atoms with Crippen LogP contribution in [0.1, 0.15) is 88.1 Å². The number of imidazole rings is 2. The molecule has 3 N–H and O–H groups in total. The Morgan fingerprint density at radius 2 is 1.26 bits per heavy atom. The molecule has 2 aliphatic heterocycles. The molecular weight excluding hydrogens is 600 g/mol. The standard InChI is InChI=1S/C21H21N3O3.C14H15N3O3/c1-21(2)10-11-22-19(25)18-23-16-9-8-15(12-17(16)24(18)21)20(26)27-13-14-6-4-3-5-7-14;1-14(2)5-6-15-12(18)11-16-9-4-3-8(13(19)20)7-10(9)17(11)14/h3-9,12H,10-11,13H2,1-2H3,(H,22,25);3-4,7H,5-6H2,1-2H3,(H,15,18)(H,19,20). The van der Waals surface area contributed by atoms with E-state index in [1.54, 1.807) is 30.3 Å². The molecule has 0 atom stereocenters. The number of esters is 1. The number of hydrogen-bond donors (Lipinski definition) is 3. The summed E-state index contributed by atoms with van der Waals surface area (Å²) in [5.74, 6) is -1.08. The molecule has 7 rings (SSSR count). The maximum Gasteiger partial charge on any atom is 0.338 e. The van der Waals surface area contributed by atoms with Gasteiger partial charge >= 0.3 is 11.9 Å². The van der Waals surface area contributed by atoms with Crippen LogP contribution in [-0.4, -0.2) is 61.1 Å². The van der Waals surface area contributed by atoms with Crippen LogP contribution in [0.5, 0.6) is 0 Å². The number of amides is 2. The third kappa shape index (κ3) is 6.06. The first-order chi connectivity index (χ1) is 22.4. The van der Waals surface area contributed by atoms with Crippen molar-refractivity contribution in [1.29, 1.82) is 0 Å². The largest absolute Gasteiger partial charge is 0.478 e. The van der Waals surface area contributed by atoms with Gasteiger partial charge in [0.1, 0.15) is 6.61 Å². The lowest BCUT2D eigenvalue weighted by atomic mass is 10.00. The van der Waals surface area contributed by atoms with Crippen molar-refractivity contribution in [2.24, 2.45) is 0 Å². The van der Waals surface area contributed by atoms with Crippen LogP contribution in [0.25, 0.3) is 22.1 Å². The Kier molecular flexibility index (Phi) is 8.04. The van der Waals surface area contributed by atoms with E-state index in [0.29, 0.717) is 46.9 Å². The topological polar surface area (TPSA) is 157 Å². The molecule has 2 aliphatic rings. The predicted molar refractivity (Wildman–Crippen MR) is 175 cm³/mol. The van der Waals surface area contributed by atoms with Crippen LogP contribution in [0.2, 0.25) is 0 Å². The number of ether oxygens (including phenoxy) is 1. The molecule has 4 heterocycles. The summed E-state index contributed by atoms with van der Waals surface area (Å²) in [4.78, 5) is 56.9. The van der Waals surface area contributed by atoms with E-state index in [1.807, 2.05) is 53.3 Å². The Labute approximate surface area is 270 Å². The molecule has 0 bridgehead atoms. The van der Waals surface area contributed by atoms with Crippen molar-refractivity contribution in [3.05, 3.63) is 95.1 Å². The van der Waals surface area contributed by atoms with Gasteiger partial charge in [0.05, 0.1) is 33.2 Å². The second-order valence-corrected chi connectivity index (χ2v) is 13.0. The number of hydrogen-bond acceptors (Lipinski definition) is 7. The van der Waals surface area contributed by atoms with Crippen LogP contribution < -0.4 is 10.6 Å². The van der Waals surface area contributed by atoms with Crippen LogP contribution >= 0.6 is 0 Å². The lowest BCUT2D eigenvalue weighted by Crippen LogP contribution is -2.27. The Morgan fingerprint density at radius 1 is 0.766 bits per heavy atom. The van der Waals surface area contributed by atoms with E-state index in [-0.39, 0.29) is 35.1 Å². The third-order valence-electron chi connectivity index (χ3n) is 8.67. The number of nitrogens with zero attached hydrogens (tertiary/aromatic N) is 4. The van der Waals surface area contributed by atoms with Crippen LogP contribution in [0, 0.1) is 0 Å². The second kappa shape index (κ2) is 12.0. The summed E-state index contributed by atoms with van der Waals surface area (Å²) >= 11 is 0. The van der Waals surface area contributed by atoms with Gasteiger partial charge in [-0.25, -0.2) is 19.6 Å². The number of nitrogens with one attached hydrogen (secondary N) is 2. The molecule has 0 spiro atoms. The first-order valence-corrected chi connectivity index (χ1v) is 15.4. The lowest BCUT2D eigenvalue weighted by Gasteiger charge is -2.26. The Balaban J connectivity index is 0.000000172. The minimum absolute atomic E-state index is 0.190. The Hall–Kier alpha value is -5.52. The molecule has 2 amide bonds. The van der Waals surface area contributed by atoms with Gasteiger partial charge in [-0.15, -0.1) is 0 Å². The van der Waals surface area contributed by atoms with E-state index in [2.05, 4.69) is 34.4 Å². The number of carboxylic acids is 1. The molecule has 0 aliphatic carbocycles. The molecule has 5 aromatic rings. The zero-order valence-electron chi connectivity index (χ0n) is 26.7. The van der Waals surface area contributed by atoms with E-state index in [9.17, 15) is 19.2 Å². The van der Waals surface area contributed by atoms with Crippen LogP contribution in [0.15, 0.2) is 66.7 Å². The summed E-state index contributed by atoms with van der Waals surface area (Å²) in [5.41, 5.74) is 3.74.